The van der Waals surface area contributed by atoms with Crippen LogP contribution in [0.3, 0.4) is 0 Å². The fourth-order valence-corrected chi connectivity index (χ4v) is 3.49. The Balaban J connectivity index is 3.00. The zero-order chi connectivity index (χ0) is 16.3. The molecule has 0 fully saturated rings. The number of rotatable bonds is 5. The number of esters is 1. The molecule has 0 aromatic heterocycles. The Kier molecular flexibility index (Phi) is 5.51. The Labute approximate surface area is 128 Å². The molecule has 3 nitrogen and oxygen atoms in total. The van der Waals surface area contributed by atoms with Crippen molar-refractivity contribution in [2.45, 2.75) is 58.0 Å². The molecule has 0 bridgehead atoms. The molecule has 0 aliphatic rings. The maximum Gasteiger partial charge on any atom is 0.303 e. The van der Waals surface area contributed by atoms with Gasteiger partial charge >= 0.3 is 5.97 Å². The molecule has 0 N–H and O–H groups in total. The number of hydrogen-bond acceptors (Lipinski definition) is 3. The molecule has 0 radical (unpaired) electrons. The molecule has 116 valence electrons. The van der Waals surface area contributed by atoms with Gasteiger partial charge in [-0.1, -0.05) is 64.2 Å². The highest BCUT2D eigenvalue weighted by Gasteiger charge is 2.39. The summed E-state index contributed by atoms with van der Waals surface area (Å²) >= 11 is 0. The summed E-state index contributed by atoms with van der Waals surface area (Å²) in [5.74, 6) is -0.421. The quantitative estimate of drug-likeness (QED) is 0.599. The van der Waals surface area contributed by atoms with Gasteiger partial charge < -0.3 is 4.74 Å². The third kappa shape index (κ3) is 4.81. The lowest BCUT2D eigenvalue weighted by molar-refractivity contribution is -0.152. The van der Waals surface area contributed by atoms with Gasteiger partial charge in [-0.2, -0.15) is 0 Å². The molecule has 0 spiro atoms. The van der Waals surface area contributed by atoms with Crippen molar-refractivity contribution >= 4 is 19.8 Å². The van der Waals surface area contributed by atoms with Gasteiger partial charge in [0.15, 0.2) is 11.9 Å². The third-order valence-electron chi connectivity index (χ3n) is 4.33. The van der Waals surface area contributed by atoms with Crippen molar-refractivity contribution in [3.63, 3.8) is 0 Å². The Morgan fingerprint density at radius 1 is 1.14 bits per heavy atom. The van der Waals surface area contributed by atoms with E-state index in [1.807, 2.05) is 30.3 Å². The zero-order valence-electron chi connectivity index (χ0n) is 13.9. The van der Waals surface area contributed by atoms with E-state index in [9.17, 15) is 9.59 Å². The minimum absolute atomic E-state index is 0.00277. The van der Waals surface area contributed by atoms with Crippen LogP contribution in [0.4, 0.5) is 0 Å². The number of Topliss-reactive ketones (excluding diaryl/α,β-unsaturated/α-hetero) is 1. The molecule has 1 atom stereocenters. The van der Waals surface area contributed by atoms with Crippen LogP contribution >= 0.6 is 0 Å². The largest absolute Gasteiger partial charge is 0.450 e. The summed E-state index contributed by atoms with van der Waals surface area (Å²) in [4.78, 5) is 24.0. The standard InChI is InChI=1S/C17H26O3Si/c1-13(18)20-16(14-10-8-7-9-11-14)15(19)12-21(5,6)17(2,3)4/h7-11,16H,12H2,1-6H3. The summed E-state index contributed by atoms with van der Waals surface area (Å²) < 4.78 is 5.29. The first-order chi connectivity index (χ1) is 9.54. The topological polar surface area (TPSA) is 43.4 Å². The molecule has 0 heterocycles. The van der Waals surface area contributed by atoms with Crippen molar-refractivity contribution in [2.75, 3.05) is 0 Å². The van der Waals surface area contributed by atoms with E-state index in [1.54, 1.807) is 0 Å². The van der Waals surface area contributed by atoms with Crippen LogP contribution in [0.1, 0.15) is 39.4 Å². The average Bonchev–Trinajstić information content (AvgIpc) is 2.34. The summed E-state index contributed by atoms with van der Waals surface area (Å²) in [5.41, 5.74) is 0.747. The van der Waals surface area contributed by atoms with E-state index >= 15 is 0 Å². The number of ether oxygens (including phenoxy) is 1. The van der Waals surface area contributed by atoms with Crippen LogP contribution in [0.25, 0.3) is 0 Å². The van der Waals surface area contributed by atoms with E-state index < -0.39 is 20.1 Å². The van der Waals surface area contributed by atoms with Gasteiger partial charge in [-0.3, -0.25) is 9.59 Å². The lowest BCUT2D eigenvalue weighted by Crippen LogP contribution is -2.40. The number of ketones is 1. The SMILES string of the molecule is CC(=O)OC(C(=O)C[Si](C)(C)C(C)(C)C)c1ccccc1. The van der Waals surface area contributed by atoms with Crippen molar-refractivity contribution in [3.8, 4) is 0 Å². The molecule has 0 amide bonds. The zero-order valence-corrected chi connectivity index (χ0v) is 14.9. The van der Waals surface area contributed by atoms with Gasteiger partial charge in [0.1, 0.15) is 0 Å². The van der Waals surface area contributed by atoms with Gasteiger partial charge in [-0.25, -0.2) is 0 Å². The maximum atomic E-state index is 12.7. The number of carbonyl (C=O) groups excluding carboxylic acids is 2. The summed E-state index contributed by atoms with van der Waals surface area (Å²) in [7, 11) is -1.76. The van der Waals surface area contributed by atoms with Crippen molar-refractivity contribution in [1.29, 1.82) is 0 Å². The Morgan fingerprint density at radius 2 is 1.67 bits per heavy atom. The highest BCUT2D eigenvalue weighted by atomic mass is 28.3. The molecule has 0 saturated carbocycles. The molecule has 1 unspecified atom stereocenters. The monoisotopic (exact) mass is 306 g/mol. The van der Waals surface area contributed by atoms with Gasteiger partial charge in [-0.15, -0.1) is 0 Å². The maximum absolute atomic E-state index is 12.7. The first-order valence-corrected chi connectivity index (χ1v) is 10.5. The summed E-state index contributed by atoms with van der Waals surface area (Å²) in [6.45, 7) is 12.3. The summed E-state index contributed by atoms with van der Waals surface area (Å²) in [5, 5.41) is 0.125. The second kappa shape index (κ2) is 6.56. The molecule has 0 saturated heterocycles. The van der Waals surface area contributed by atoms with Crippen LogP contribution in [0.2, 0.25) is 24.2 Å². The smallest absolute Gasteiger partial charge is 0.303 e. The molecule has 1 rings (SSSR count). The van der Waals surface area contributed by atoms with Crippen LogP contribution in [0, 0.1) is 0 Å². The molecular formula is C17H26O3Si. The fourth-order valence-electron chi connectivity index (χ4n) is 1.91. The molecular weight excluding hydrogens is 280 g/mol. The minimum Gasteiger partial charge on any atom is -0.450 e. The van der Waals surface area contributed by atoms with Crippen LogP contribution in [-0.4, -0.2) is 19.8 Å². The van der Waals surface area contributed by atoms with E-state index in [4.69, 9.17) is 4.74 Å². The molecule has 1 aromatic rings. The Hall–Kier alpha value is -1.42. The van der Waals surface area contributed by atoms with Gasteiger partial charge in [0.2, 0.25) is 0 Å². The molecule has 1 aromatic carbocycles. The van der Waals surface area contributed by atoms with Gasteiger partial charge in [-0.05, 0) is 10.6 Å². The highest BCUT2D eigenvalue weighted by molar-refractivity contribution is 6.82. The molecule has 21 heavy (non-hydrogen) atoms. The first-order valence-electron chi connectivity index (χ1n) is 7.29. The normalized spacial score (nSPS) is 13.6. The molecule has 4 heteroatoms. The van der Waals surface area contributed by atoms with Gasteiger partial charge in [0.25, 0.3) is 0 Å². The first kappa shape index (κ1) is 17.6. The Bertz CT molecular complexity index is 501. The lowest BCUT2D eigenvalue weighted by atomic mass is 10.1. The predicted molar refractivity (Wildman–Crippen MR) is 88.0 cm³/mol. The van der Waals surface area contributed by atoms with E-state index in [1.165, 1.54) is 6.92 Å². The number of benzene rings is 1. The molecule has 0 aliphatic carbocycles. The lowest BCUT2D eigenvalue weighted by Gasteiger charge is -2.37. The highest BCUT2D eigenvalue weighted by Crippen LogP contribution is 2.40. The Morgan fingerprint density at radius 3 is 2.10 bits per heavy atom. The van der Waals surface area contributed by atoms with E-state index in [2.05, 4.69) is 33.9 Å². The van der Waals surface area contributed by atoms with Crippen molar-refractivity contribution in [2.24, 2.45) is 0 Å². The van der Waals surface area contributed by atoms with Gasteiger partial charge in [0.05, 0.1) is 8.07 Å². The van der Waals surface area contributed by atoms with Crippen LogP contribution in [0.5, 0.6) is 0 Å². The second-order valence-corrected chi connectivity index (χ2v) is 12.8. The van der Waals surface area contributed by atoms with E-state index in [0.717, 1.165) is 5.56 Å². The minimum atomic E-state index is -1.76. The number of hydrogen-bond donors (Lipinski definition) is 0. The van der Waals surface area contributed by atoms with Crippen molar-refractivity contribution < 1.29 is 14.3 Å². The van der Waals surface area contributed by atoms with Crippen molar-refractivity contribution in [1.82, 2.24) is 0 Å². The van der Waals surface area contributed by atoms with Crippen LogP contribution in [-0.2, 0) is 14.3 Å². The average molecular weight is 306 g/mol. The molecule has 0 aliphatic heterocycles. The fraction of sp³-hybridized carbons (Fsp3) is 0.529. The van der Waals surface area contributed by atoms with Crippen LogP contribution in [0.15, 0.2) is 30.3 Å². The summed E-state index contributed by atoms with van der Waals surface area (Å²) in [6, 6.07) is 9.75. The van der Waals surface area contributed by atoms with Crippen LogP contribution < -0.4 is 0 Å². The van der Waals surface area contributed by atoms with Crippen molar-refractivity contribution in [3.05, 3.63) is 35.9 Å². The summed E-state index contributed by atoms with van der Waals surface area (Å²) in [6.07, 6.45) is -0.780. The number of carbonyl (C=O) groups is 2. The predicted octanol–water partition coefficient (Wildman–Crippen LogP) is 4.37. The second-order valence-electron chi connectivity index (χ2n) is 7.18. The third-order valence-corrected chi connectivity index (χ3v) is 9.62. The van der Waals surface area contributed by atoms with E-state index in [-0.39, 0.29) is 10.8 Å². The van der Waals surface area contributed by atoms with Gasteiger partial charge in [0, 0.05) is 13.0 Å². The van der Waals surface area contributed by atoms with E-state index in [0.29, 0.717) is 6.04 Å².